The Kier molecular flexibility index (Phi) is 3.96. The molecule has 54 valence electrons. The van der Waals surface area contributed by atoms with Gasteiger partial charge in [0.15, 0.2) is 0 Å². The highest BCUT2D eigenvalue weighted by molar-refractivity contribution is 5.69. The number of nitrogens with two attached hydrogens (primary N) is 1. The van der Waals surface area contributed by atoms with Crippen molar-refractivity contribution in [1.29, 1.82) is 0 Å². The molecule has 0 aliphatic carbocycles. The van der Waals surface area contributed by atoms with Gasteiger partial charge in [-0.15, -0.1) is 0 Å². The molecule has 0 saturated heterocycles. The standard InChI is InChI=1S/C5H10FNO2/c1-9-5(8)2-4(6)3-7/h4H,2-3,7H2,1H3/t4-/m1/s1. The molecule has 0 aliphatic rings. The second-order valence-electron chi connectivity index (χ2n) is 1.61. The first-order valence-electron chi connectivity index (χ1n) is 2.61. The van der Waals surface area contributed by atoms with Crippen molar-refractivity contribution in [1.82, 2.24) is 0 Å². The lowest BCUT2D eigenvalue weighted by molar-refractivity contribution is -0.141. The first-order valence-corrected chi connectivity index (χ1v) is 2.61. The quantitative estimate of drug-likeness (QED) is 0.547. The van der Waals surface area contributed by atoms with Gasteiger partial charge in [0.25, 0.3) is 0 Å². The summed E-state index contributed by atoms with van der Waals surface area (Å²) in [5.41, 5.74) is 4.89. The Hall–Kier alpha value is -0.640. The molecule has 1 atom stereocenters. The smallest absolute Gasteiger partial charge is 0.308 e. The molecule has 0 bridgehead atoms. The summed E-state index contributed by atoms with van der Waals surface area (Å²) in [6.45, 7) is -0.130. The molecule has 0 radical (unpaired) electrons. The third kappa shape index (κ3) is 3.90. The van der Waals surface area contributed by atoms with E-state index < -0.39 is 12.1 Å². The molecule has 0 aliphatic heterocycles. The molecule has 4 heteroatoms. The molecule has 2 N–H and O–H groups in total. The fraction of sp³-hybridized carbons (Fsp3) is 0.800. The number of rotatable bonds is 3. The lowest BCUT2D eigenvalue weighted by Gasteiger charge is -2.00. The Morgan fingerprint density at radius 3 is 2.78 bits per heavy atom. The molecule has 0 aromatic rings. The zero-order valence-corrected chi connectivity index (χ0v) is 5.26. The van der Waals surface area contributed by atoms with E-state index in [0.717, 1.165) is 0 Å². The summed E-state index contributed by atoms with van der Waals surface area (Å²) in [5, 5.41) is 0. The molecule has 0 heterocycles. The van der Waals surface area contributed by atoms with E-state index in [2.05, 4.69) is 4.74 Å². The third-order valence-corrected chi connectivity index (χ3v) is 0.872. The number of carbonyl (C=O) groups excluding carboxylic acids is 1. The molecule has 0 spiro atoms. The number of esters is 1. The van der Waals surface area contributed by atoms with E-state index in [1.54, 1.807) is 0 Å². The molecule has 0 fully saturated rings. The van der Waals surface area contributed by atoms with E-state index in [0.29, 0.717) is 0 Å². The van der Waals surface area contributed by atoms with Gasteiger partial charge in [-0.3, -0.25) is 4.79 Å². The molecule has 9 heavy (non-hydrogen) atoms. The summed E-state index contributed by atoms with van der Waals surface area (Å²) < 4.78 is 16.3. The average molecular weight is 135 g/mol. The predicted molar refractivity (Wildman–Crippen MR) is 30.6 cm³/mol. The largest absolute Gasteiger partial charge is 0.469 e. The van der Waals surface area contributed by atoms with Crippen molar-refractivity contribution in [2.75, 3.05) is 13.7 Å². The monoisotopic (exact) mass is 135 g/mol. The molecule has 0 amide bonds. The average Bonchev–Trinajstić information content (AvgIpc) is 1.87. The Morgan fingerprint density at radius 2 is 2.44 bits per heavy atom. The van der Waals surface area contributed by atoms with E-state index >= 15 is 0 Å². The van der Waals surface area contributed by atoms with E-state index in [9.17, 15) is 9.18 Å². The van der Waals surface area contributed by atoms with Crippen molar-refractivity contribution in [3.8, 4) is 0 Å². The highest BCUT2D eigenvalue weighted by Crippen LogP contribution is 1.95. The molecule has 3 nitrogen and oxygen atoms in total. The number of ether oxygens (including phenoxy) is 1. The van der Waals surface area contributed by atoms with E-state index in [1.807, 2.05) is 0 Å². The zero-order valence-electron chi connectivity index (χ0n) is 5.26. The number of hydrogen-bond donors (Lipinski definition) is 1. The molecule has 0 unspecified atom stereocenters. The maximum absolute atomic E-state index is 12.1. The Morgan fingerprint density at radius 1 is 1.89 bits per heavy atom. The molecule has 0 aromatic carbocycles. The summed E-state index contributed by atoms with van der Waals surface area (Å²) in [4.78, 5) is 10.3. The Bertz CT molecular complexity index is 97.0. The van der Waals surface area contributed by atoms with Gasteiger partial charge in [0.05, 0.1) is 13.5 Å². The second kappa shape index (κ2) is 4.26. The van der Waals surface area contributed by atoms with Gasteiger partial charge in [-0.05, 0) is 0 Å². The molecule has 0 aromatic heterocycles. The molecule has 0 rings (SSSR count). The van der Waals surface area contributed by atoms with E-state index in [-0.39, 0.29) is 13.0 Å². The zero-order chi connectivity index (χ0) is 7.28. The normalized spacial score (nSPS) is 12.8. The maximum atomic E-state index is 12.1. The van der Waals surface area contributed by atoms with Crippen LogP contribution in [0, 0.1) is 0 Å². The van der Waals surface area contributed by atoms with Crippen LogP contribution in [-0.2, 0) is 9.53 Å². The summed E-state index contributed by atoms with van der Waals surface area (Å²) in [6, 6.07) is 0. The highest BCUT2D eigenvalue weighted by Gasteiger charge is 2.09. The number of hydrogen-bond acceptors (Lipinski definition) is 3. The molecular weight excluding hydrogens is 125 g/mol. The fourth-order valence-corrected chi connectivity index (χ4v) is 0.348. The first-order chi connectivity index (χ1) is 4.20. The lowest BCUT2D eigenvalue weighted by atomic mass is 10.3. The topological polar surface area (TPSA) is 52.3 Å². The van der Waals surface area contributed by atoms with Crippen LogP contribution in [0.25, 0.3) is 0 Å². The van der Waals surface area contributed by atoms with Crippen LogP contribution in [0.5, 0.6) is 0 Å². The van der Waals surface area contributed by atoms with Gasteiger partial charge in [0.2, 0.25) is 0 Å². The minimum Gasteiger partial charge on any atom is -0.469 e. The van der Waals surface area contributed by atoms with Crippen LogP contribution in [-0.4, -0.2) is 25.8 Å². The summed E-state index contributed by atoms with van der Waals surface area (Å²) in [5.74, 6) is -0.562. The van der Waals surface area contributed by atoms with Gasteiger partial charge in [0.1, 0.15) is 6.17 Å². The minimum atomic E-state index is -1.27. The number of methoxy groups -OCH3 is 1. The summed E-state index contributed by atoms with van der Waals surface area (Å²) in [7, 11) is 1.21. The SMILES string of the molecule is COC(=O)C[C@@H](F)CN. The van der Waals surface area contributed by atoms with Crippen LogP contribution in [0.4, 0.5) is 4.39 Å². The summed E-state index contributed by atoms with van der Waals surface area (Å²) in [6.07, 6.45) is -1.51. The third-order valence-electron chi connectivity index (χ3n) is 0.872. The van der Waals surface area contributed by atoms with Gasteiger partial charge in [0, 0.05) is 6.54 Å². The first kappa shape index (κ1) is 8.36. The number of alkyl halides is 1. The second-order valence-corrected chi connectivity index (χ2v) is 1.61. The highest BCUT2D eigenvalue weighted by atomic mass is 19.1. The minimum absolute atomic E-state index is 0.130. The fourth-order valence-electron chi connectivity index (χ4n) is 0.348. The van der Waals surface area contributed by atoms with Crippen molar-refractivity contribution in [2.24, 2.45) is 5.73 Å². The van der Waals surface area contributed by atoms with Crippen LogP contribution in [0.3, 0.4) is 0 Å². The van der Waals surface area contributed by atoms with Crippen molar-refractivity contribution < 1.29 is 13.9 Å². The van der Waals surface area contributed by atoms with Gasteiger partial charge in [-0.2, -0.15) is 0 Å². The van der Waals surface area contributed by atoms with Crippen LogP contribution in [0.1, 0.15) is 6.42 Å². The van der Waals surface area contributed by atoms with Crippen LogP contribution < -0.4 is 5.73 Å². The van der Waals surface area contributed by atoms with Crippen LogP contribution in [0.2, 0.25) is 0 Å². The summed E-state index contributed by atoms with van der Waals surface area (Å²) >= 11 is 0. The van der Waals surface area contributed by atoms with Crippen molar-refractivity contribution >= 4 is 5.97 Å². The molecule has 0 saturated carbocycles. The van der Waals surface area contributed by atoms with Gasteiger partial charge in [-0.25, -0.2) is 4.39 Å². The predicted octanol–water partition coefficient (Wildman–Crippen LogP) is -0.154. The Labute approximate surface area is 53.0 Å². The van der Waals surface area contributed by atoms with Crippen LogP contribution >= 0.6 is 0 Å². The van der Waals surface area contributed by atoms with Crippen LogP contribution in [0.15, 0.2) is 0 Å². The number of carbonyl (C=O) groups is 1. The van der Waals surface area contributed by atoms with E-state index in [1.165, 1.54) is 7.11 Å². The lowest BCUT2D eigenvalue weighted by Crippen LogP contribution is -2.19. The maximum Gasteiger partial charge on any atom is 0.308 e. The van der Waals surface area contributed by atoms with Crippen molar-refractivity contribution in [2.45, 2.75) is 12.6 Å². The van der Waals surface area contributed by atoms with Gasteiger partial charge >= 0.3 is 5.97 Å². The molecular formula is C5H10FNO2. The van der Waals surface area contributed by atoms with Crippen molar-refractivity contribution in [3.05, 3.63) is 0 Å². The van der Waals surface area contributed by atoms with Gasteiger partial charge < -0.3 is 10.5 Å². The van der Waals surface area contributed by atoms with Crippen molar-refractivity contribution in [3.63, 3.8) is 0 Å². The van der Waals surface area contributed by atoms with Gasteiger partial charge in [-0.1, -0.05) is 0 Å². The van der Waals surface area contributed by atoms with E-state index in [4.69, 9.17) is 5.73 Å². The number of halogens is 1. The Balaban J connectivity index is 3.34.